The quantitative estimate of drug-likeness (QED) is 0.776. The van der Waals surface area contributed by atoms with Crippen molar-refractivity contribution in [1.82, 2.24) is 9.55 Å². The summed E-state index contributed by atoms with van der Waals surface area (Å²) in [5, 5.41) is 9.24. The van der Waals surface area contributed by atoms with E-state index >= 15 is 0 Å². The van der Waals surface area contributed by atoms with Gasteiger partial charge in [-0.05, 0) is 6.42 Å². The van der Waals surface area contributed by atoms with E-state index in [9.17, 15) is 49.4 Å². The fourth-order valence-corrected chi connectivity index (χ4v) is 2.52. The van der Waals surface area contributed by atoms with Crippen molar-refractivity contribution in [3.63, 3.8) is 0 Å². The van der Waals surface area contributed by atoms with E-state index in [0.717, 1.165) is 6.07 Å². The molecule has 2 rings (SSSR count). The molecule has 14 heteroatoms. The van der Waals surface area contributed by atoms with Gasteiger partial charge in [0.1, 0.15) is 6.04 Å². The van der Waals surface area contributed by atoms with Gasteiger partial charge in [0, 0.05) is 18.8 Å². The van der Waals surface area contributed by atoms with Gasteiger partial charge in [0.05, 0.1) is 6.54 Å². The molecule has 0 aliphatic carbocycles. The highest BCUT2D eigenvalue weighted by Gasteiger charge is 2.72. The first-order chi connectivity index (χ1) is 11.6. The highest BCUT2D eigenvalue weighted by molar-refractivity contribution is 5.37. The number of anilines is 1. The van der Waals surface area contributed by atoms with Crippen LogP contribution in [0.15, 0.2) is 17.1 Å². The highest BCUT2D eigenvalue weighted by Crippen LogP contribution is 2.45. The Morgan fingerprint density at radius 3 is 2.08 bits per heavy atom. The second-order valence-corrected chi connectivity index (χ2v) is 5.56. The van der Waals surface area contributed by atoms with Crippen molar-refractivity contribution in [3.8, 4) is 0 Å². The van der Waals surface area contributed by atoms with Crippen molar-refractivity contribution in [2.24, 2.45) is 0 Å². The first kappa shape index (κ1) is 20.3. The van der Waals surface area contributed by atoms with Crippen molar-refractivity contribution in [2.45, 2.75) is 43.1 Å². The molecule has 1 aromatic rings. The Morgan fingerprint density at radius 1 is 1.08 bits per heavy atom. The molecule has 1 aliphatic heterocycles. The summed E-state index contributed by atoms with van der Waals surface area (Å²) in [6, 6.07) is -2.01. The van der Waals surface area contributed by atoms with E-state index in [0.29, 0.717) is 10.8 Å². The Balaban J connectivity index is 2.62. The van der Waals surface area contributed by atoms with E-state index in [-0.39, 0.29) is 4.90 Å². The van der Waals surface area contributed by atoms with Gasteiger partial charge in [0.25, 0.3) is 11.2 Å². The lowest BCUT2D eigenvalue weighted by Crippen LogP contribution is -2.66. The third kappa shape index (κ3) is 3.33. The molecule has 0 bridgehead atoms. The van der Waals surface area contributed by atoms with Crippen LogP contribution in [-0.2, 0) is 6.54 Å². The normalized spacial score (nSPS) is 19.5. The number of fused-ring (bicyclic) bond motifs is 1. The molecule has 1 atom stereocenters. The Labute approximate surface area is 138 Å². The van der Waals surface area contributed by atoms with Crippen LogP contribution in [0.25, 0.3) is 0 Å². The van der Waals surface area contributed by atoms with Gasteiger partial charge in [-0.3, -0.25) is 9.36 Å². The predicted octanol–water partition coefficient (Wildman–Crippen LogP) is 2.24. The molecule has 1 aromatic heterocycles. The van der Waals surface area contributed by atoms with E-state index in [1.807, 2.05) is 0 Å². The molecule has 0 amide bonds. The molecule has 0 radical (unpaired) electrons. The van der Waals surface area contributed by atoms with Crippen LogP contribution in [0.3, 0.4) is 0 Å². The average Bonchev–Trinajstić information content (AvgIpc) is 2.44. The monoisotopic (exact) mass is 399 g/mol. The first-order valence-corrected chi connectivity index (χ1v) is 6.84. The van der Waals surface area contributed by atoms with Crippen molar-refractivity contribution in [2.75, 3.05) is 11.4 Å². The summed E-state index contributed by atoms with van der Waals surface area (Å²) in [5.41, 5.74) is -6.41. The number of alkyl halides is 9. The molecule has 0 fully saturated rings. The molecule has 2 heterocycles. The standard InChI is InChI=1S/C12H10F9N3O2/c13-10(14,15)6-2-4-23-7(25)1-3-22-8(23)24(6)5-9(26,11(16,17)18)12(19,20)21/h1,3,6,26H,2,4-5H2. The fourth-order valence-electron chi connectivity index (χ4n) is 2.52. The lowest BCUT2D eigenvalue weighted by Gasteiger charge is -2.43. The van der Waals surface area contributed by atoms with Gasteiger partial charge in [-0.1, -0.05) is 0 Å². The van der Waals surface area contributed by atoms with Crippen molar-refractivity contribution < 1.29 is 44.6 Å². The SMILES string of the molecule is O=c1ccnc2n1CCC(C(F)(F)F)N2CC(O)(C(F)(F)F)C(F)(F)F. The lowest BCUT2D eigenvalue weighted by molar-refractivity contribution is -0.364. The number of hydrogen-bond donors (Lipinski definition) is 1. The van der Waals surface area contributed by atoms with Crippen LogP contribution in [0.5, 0.6) is 0 Å². The maximum atomic E-state index is 13.2. The number of halogens is 9. The summed E-state index contributed by atoms with van der Waals surface area (Å²) in [6.45, 7) is -3.14. The van der Waals surface area contributed by atoms with Crippen molar-refractivity contribution in [3.05, 3.63) is 22.6 Å². The number of aromatic nitrogens is 2. The number of aliphatic hydroxyl groups is 1. The summed E-state index contributed by atoms with van der Waals surface area (Å²) in [7, 11) is 0. The van der Waals surface area contributed by atoms with E-state index in [2.05, 4.69) is 4.98 Å². The van der Waals surface area contributed by atoms with Gasteiger partial charge >= 0.3 is 18.5 Å². The first-order valence-electron chi connectivity index (χ1n) is 6.84. The molecule has 1 unspecified atom stereocenters. The molecule has 1 aliphatic rings. The van der Waals surface area contributed by atoms with Crippen LogP contribution in [0, 0.1) is 0 Å². The van der Waals surface area contributed by atoms with Gasteiger partial charge in [0.2, 0.25) is 5.95 Å². The molecular formula is C12H10F9N3O2. The smallest absolute Gasteiger partial charge is 0.372 e. The van der Waals surface area contributed by atoms with Gasteiger partial charge < -0.3 is 10.0 Å². The molecule has 0 saturated heterocycles. The van der Waals surface area contributed by atoms with Crippen LogP contribution in [0.2, 0.25) is 0 Å². The summed E-state index contributed by atoms with van der Waals surface area (Å²) in [6.07, 6.45) is -18.2. The van der Waals surface area contributed by atoms with Crippen LogP contribution in [-0.4, -0.2) is 51.4 Å². The van der Waals surface area contributed by atoms with E-state index < -0.39 is 61.2 Å². The number of nitrogens with zero attached hydrogens (tertiary/aromatic N) is 3. The Morgan fingerprint density at radius 2 is 1.62 bits per heavy atom. The summed E-state index contributed by atoms with van der Waals surface area (Å²) in [5.74, 6) is -1.04. The predicted molar refractivity (Wildman–Crippen MR) is 67.4 cm³/mol. The van der Waals surface area contributed by atoms with E-state index in [1.165, 1.54) is 0 Å². The van der Waals surface area contributed by atoms with Crippen molar-refractivity contribution >= 4 is 5.95 Å². The third-order valence-corrected chi connectivity index (χ3v) is 3.89. The highest BCUT2D eigenvalue weighted by atomic mass is 19.4. The number of hydrogen-bond acceptors (Lipinski definition) is 4. The summed E-state index contributed by atoms with van der Waals surface area (Å²) in [4.78, 5) is 14.6. The Hall–Kier alpha value is -1.99. The fraction of sp³-hybridized carbons (Fsp3) is 0.667. The third-order valence-electron chi connectivity index (χ3n) is 3.89. The van der Waals surface area contributed by atoms with Gasteiger partial charge in [-0.25, -0.2) is 4.98 Å². The minimum atomic E-state index is -6.32. The maximum absolute atomic E-state index is 13.2. The van der Waals surface area contributed by atoms with Crippen LogP contribution in [0.4, 0.5) is 45.5 Å². The van der Waals surface area contributed by atoms with Gasteiger partial charge in [0.15, 0.2) is 0 Å². The maximum Gasteiger partial charge on any atom is 0.428 e. The molecule has 5 nitrogen and oxygen atoms in total. The van der Waals surface area contributed by atoms with E-state index in [1.54, 1.807) is 0 Å². The zero-order valence-electron chi connectivity index (χ0n) is 12.5. The minimum absolute atomic E-state index is 0.383. The van der Waals surface area contributed by atoms with Crippen molar-refractivity contribution in [1.29, 1.82) is 0 Å². The number of β-amino-alcohol motifs (C(OH)–C–C–N with tert-alkyl or cyclic N) is 1. The van der Waals surface area contributed by atoms with Gasteiger partial charge in [-0.15, -0.1) is 0 Å². The topological polar surface area (TPSA) is 58.4 Å². The minimum Gasteiger partial charge on any atom is -0.372 e. The molecule has 148 valence electrons. The van der Waals surface area contributed by atoms with Crippen LogP contribution in [0.1, 0.15) is 6.42 Å². The summed E-state index contributed by atoms with van der Waals surface area (Å²) < 4.78 is 117. The lowest BCUT2D eigenvalue weighted by atomic mass is 9.99. The molecule has 0 spiro atoms. The van der Waals surface area contributed by atoms with Crippen LogP contribution < -0.4 is 10.5 Å². The number of rotatable bonds is 2. The zero-order valence-corrected chi connectivity index (χ0v) is 12.5. The summed E-state index contributed by atoms with van der Waals surface area (Å²) >= 11 is 0. The molecule has 0 saturated carbocycles. The Kier molecular flexibility index (Phi) is 4.71. The largest absolute Gasteiger partial charge is 0.428 e. The molecule has 26 heavy (non-hydrogen) atoms. The van der Waals surface area contributed by atoms with Gasteiger partial charge in [-0.2, -0.15) is 39.5 Å². The second kappa shape index (κ2) is 6.03. The molecule has 0 aromatic carbocycles. The zero-order chi connectivity index (χ0) is 20.1. The van der Waals surface area contributed by atoms with Crippen LogP contribution >= 0.6 is 0 Å². The average molecular weight is 399 g/mol. The molecular weight excluding hydrogens is 389 g/mol. The van der Waals surface area contributed by atoms with E-state index in [4.69, 9.17) is 0 Å². The Bertz CT molecular complexity index is 708. The second-order valence-electron chi connectivity index (χ2n) is 5.56. The molecule has 1 N–H and O–H groups in total.